The van der Waals surface area contributed by atoms with Crippen LogP contribution < -0.4 is 5.32 Å². The Morgan fingerprint density at radius 3 is 2.78 bits per heavy atom. The third-order valence-corrected chi connectivity index (χ3v) is 8.51. The van der Waals surface area contributed by atoms with E-state index in [2.05, 4.69) is 15.5 Å². The van der Waals surface area contributed by atoms with Gasteiger partial charge in [-0.05, 0) is 50.1 Å². The molecule has 0 radical (unpaired) electrons. The molecule has 0 saturated carbocycles. The van der Waals surface area contributed by atoms with Gasteiger partial charge in [-0.2, -0.15) is 9.29 Å². The van der Waals surface area contributed by atoms with Crippen LogP contribution in [0.3, 0.4) is 0 Å². The van der Waals surface area contributed by atoms with Crippen LogP contribution in [0.1, 0.15) is 30.5 Å². The Morgan fingerprint density at radius 1 is 1.34 bits per heavy atom. The Morgan fingerprint density at radius 2 is 2.09 bits per heavy atom. The Bertz CT molecular complexity index is 1220. The summed E-state index contributed by atoms with van der Waals surface area (Å²) < 4.78 is 46.3. The van der Waals surface area contributed by atoms with Crippen LogP contribution in [-0.2, 0) is 21.2 Å². The van der Waals surface area contributed by atoms with E-state index in [9.17, 15) is 17.6 Å². The van der Waals surface area contributed by atoms with Crippen LogP contribution in [0.5, 0.6) is 0 Å². The van der Waals surface area contributed by atoms with Crippen molar-refractivity contribution in [2.45, 2.75) is 38.0 Å². The molecule has 2 aromatic heterocycles. The number of aryl methyl sites for hydroxylation is 2. The minimum absolute atomic E-state index is 0.0855. The topological polar surface area (TPSA) is 105 Å². The van der Waals surface area contributed by atoms with Gasteiger partial charge in [0.15, 0.2) is 0 Å². The molecule has 0 bridgehead atoms. The Kier molecular flexibility index (Phi) is 6.40. The zero-order valence-electron chi connectivity index (χ0n) is 17.7. The molecule has 3 heterocycles. The highest BCUT2D eigenvalue weighted by molar-refractivity contribution is 7.89. The number of hydrogen-bond donors (Lipinski definition) is 1. The number of anilines is 1. The maximum absolute atomic E-state index is 13.4. The number of sulfonamides is 1. The monoisotopic (exact) mass is 478 g/mol. The summed E-state index contributed by atoms with van der Waals surface area (Å²) in [5.41, 5.74) is 0.473. The van der Waals surface area contributed by atoms with Crippen molar-refractivity contribution in [3.8, 4) is 10.7 Å². The lowest BCUT2D eigenvalue weighted by atomic mass is 9.99. The van der Waals surface area contributed by atoms with Crippen molar-refractivity contribution < 1.29 is 22.1 Å². The van der Waals surface area contributed by atoms with Crippen molar-refractivity contribution in [3.63, 3.8) is 0 Å². The highest BCUT2D eigenvalue weighted by Gasteiger charge is 2.35. The molecule has 32 heavy (non-hydrogen) atoms. The predicted octanol–water partition coefficient (Wildman–Crippen LogP) is 3.85. The average Bonchev–Trinajstić information content (AvgIpc) is 3.42. The van der Waals surface area contributed by atoms with E-state index in [1.807, 2.05) is 6.92 Å². The lowest BCUT2D eigenvalue weighted by Gasteiger charge is -2.31. The van der Waals surface area contributed by atoms with Gasteiger partial charge in [0.05, 0.1) is 15.7 Å². The van der Waals surface area contributed by atoms with Crippen LogP contribution in [0.4, 0.5) is 10.1 Å². The number of aromatic nitrogens is 2. The second kappa shape index (κ2) is 9.08. The first-order chi connectivity index (χ1) is 15.3. The van der Waals surface area contributed by atoms with E-state index >= 15 is 0 Å². The molecule has 3 aromatic rings. The highest BCUT2D eigenvalue weighted by Crippen LogP contribution is 2.35. The van der Waals surface area contributed by atoms with Crippen molar-refractivity contribution >= 4 is 33.0 Å². The number of nitrogens with one attached hydrogen (secondary N) is 1. The van der Waals surface area contributed by atoms with Crippen molar-refractivity contribution in [3.05, 3.63) is 46.9 Å². The number of carbonyl (C=O) groups excluding carboxylic acids is 1. The summed E-state index contributed by atoms with van der Waals surface area (Å²) >= 11 is 1.29. The van der Waals surface area contributed by atoms with Crippen LogP contribution >= 0.6 is 11.3 Å². The number of hydrogen-bond acceptors (Lipinski definition) is 7. The molecule has 1 N–H and O–H groups in total. The first-order valence-corrected chi connectivity index (χ1v) is 12.5. The first kappa shape index (κ1) is 22.6. The number of amides is 1. The molecule has 4 rings (SSSR count). The number of nitrogens with zero attached hydrogens (tertiary/aromatic N) is 3. The molecule has 1 saturated heterocycles. The van der Waals surface area contributed by atoms with Gasteiger partial charge in [0.25, 0.3) is 0 Å². The van der Waals surface area contributed by atoms with E-state index in [0.29, 0.717) is 53.0 Å². The molecular weight excluding hydrogens is 455 g/mol. The molecule has 1 atom stereocenters. The van der Waals surface area contributed by atoms with E-state index in [0.717, 1.165) is 0 Å². The minimum Gasteiger partial charge on any atom is -0.339 e. The van der Waals surface area contributed by atoms with Crippen LogP contribution in [0, 0.1) is 18.7 Å². The van der Waals surface area contributed by atoms with Crippen molar-refractivity contribution in [2.75, 3.05) is 18.4 Å². The molecular formula is C21H23FN4O4S2. The number of carbonyl (C=O) groups is 1. The van der Waals surface area contributed by atoms with Crippen molar-refractivity contribution in [2.24, 2.45) is 5.92 Å². The van der Waals surface area contributed by atoms with E-state index in [1.54, 1.807) is 13.0 Å². The standard InChI is InChI=1S/C21H23FN4O4S2/c1-3-19-24-20(25-30-19)17-11-18(13(2)31-17)32(28,29)26-10-4-5-14(12-26)21(27)23-16-8-6-15(22)7-9-16/h6-9,11,14H,3-5,10,12H2,1-2H3,(H,23,27)/t14-/m1/s1. The minimum atomic E-state index is -3.80. The van der Waals surface area contributed by atoms with Gasteiger partial charge in [-0.1, -0.05) is 12.1 Å². The highest BCUT2D eigenvalue weighted by atomic mass is 32.2. The van der Waals surface area contributed by atoms with Crippen LogP contribution in [0.2, 0.25) is 0 Å². The van der Waals surface area contributed by atoms with Crippen molar-refractivity contribution in [1.82, 2.24) is 14.4 Å². The Labute approximate surface area is 189 Å². The molecule has 1 aromatic carbocycles. The van der Waals surface area contributed by atoms with Crippen molar-refractivity contribution in [1.29, 1.82) is 0 Å². The third kappa shape index (κ3) is 4.59. The molecule has 11 heteroatoms. The first-order valence-electron chi connectivity index (χ1n) is 10.3. The molecule has 0 aliphatic carbocycles. The molecule has 0 spiro atoms. The zero-order chi connectivity index (χ0) is 22.9. The second-order valence-electron chi connectivity index (χ2n) is 7.59. The summed E-state index contributed by atoms with van der Waals surface area (Å²) in [5.74, 6) is -0.312. The maximum atomic E-state index is 13.4. The number of halogens is 1. The number of benzene rings is 1. The van der Waals surface area contributed by atoms with Gasteiger partial charge in [-0.3, -0.25) is 4.79 Å². The summed E-state index contributed by atoms with van der Waals surface area (Å²) in [5, 5.41) is 6.67. The Balaban J connectivity index is 1.51. The van der Waals surface area contributed by atoms with Gasteiger partial charge in [0.2, 0.25) is 27.6 Å². The van der Waals surface area contributed by atoms with Crippen LogP contribution in [0.25, 0.3) is 10.7 Å². The number of piperidine rings is 1. The quantitative estimate of drug-likeness (QED) is 0.577. The predicted molar refractivity (Wildman–Crippen MR) is 118 cm³/mol. The molecule has 1 amide bonds. The summed E-state index contributed by atoms with van der Waals surface area (Å²) in [6, 6.07) is 7.04. The van der Waals surface area contributed by atoms with Gasteiger partial charge in [-0.15, -0.1) is 11.3 Å². The van der Waals surface area contributed by atoms with Gasteiger partial charge < -0.3 is 9.84 Å². The summed E-state index contributed by atoms with van der Waals surface area (Å²) in [7, 11) is -3.80. The van der Waals surface area contributed by atoms with Gasteiger partial charge in [-0.25, -0.2) is 12.8 Å². The smallest absolute Gasteiger partial charge is 0.244 e. The molecule has 0 unspecified atom stereocenters. The van der Waals surface area contributed by atoms with Crippen LogP contribution in [0.15, 0.2) is 39.8 Å². The summed E-state index contributed by atoms with van der Waals surface area (Å²) in [6.45, 7) is 4.06. The van der Waals surface area contributed by atoms with Gasteiger partial charge >= 0.3 is 0 Å². The fourth-order valence-electron chi connectivity index (χ4n) is 3.62. The SMILES string of the molecule is CCc1nc(-c2cc(S(=O)(=O)N3CCC[C@@H](C(=O)Nc4ccc(F)cc4)C3)c(C)s2)no1. The van der Waals surface area contributed by atoms with E-state index < -0.39 is 21.8 Å². The molecule has 1 fully saturated rings. The largest absolute Gasteiger partial charge is 0.339 e. The zero-order valence-corrected chi connectivity index (χ0v) is 19.3. The van der Waals surface area contributed by atoms with E-state index in [-0.39, 0.29) is 17.3 Å². The van der Waals surface area contributed by atoms with E-state index in [4.69, 9.17) is 4.52 Å². The third-order valence-electron chi connectivity index (χ3n) is 5.35. The number of thiophene rings is 1. The fraction of sp³-hybridized carbons (Fsp3) is 0.381. The second-order valence-corrected chi connectivity index (χ2v) is 10.8. The van der Waals surface area contributed by atoms with E-state index in [1.165, 1.54) is 39.9 Å². The Hall–Kier alpha value is -2.63. The molecule has 1 aliphatic heterocycles. The van der Waals surface area contributed by atoms with Crippen LogP contribution in [-0.4, -0.2) is 41.9 Å². The maximum Gasteiger partial charge on any atom is 0.244 e. The molecule has 8 nitrogen and oxygen atoms in total. The van der Waals surface area contributed by atoms with Gasteiger partial charge in [0.1, 0.15) is 5.82 Å². The fourth-order valence-corrected chi connectivity index (χ4v) is 6.63. The number of rotatable bonds is 6. The lowest BCUT2D eigenvalue weighted by molar-refractivity contribution is -0.120. The summed E-state index contributed by atoms with van der Waals surface area (Å²) in [6.07, 6.45) is 1.74. The molecule has 170 valence electrons. The molecule has 1 aliphatic rings. The average molecular weight is 479 g/mol. The normalized spacial score (nSPS) is 17.4. The lowest BCUT2D eigenvalue weighted by Crippen LogP contribution is -2.43. The summed E-state index contributed by atoms with van der Waals surface area (Å²) in [4.78, 5) is 18.4. The van der Waals surface area contributed by atoms with Gasteiger partial charge in [0, 0.05) is 30.1 Å².